The Morgan fingerprint density at radius 1 is 1.27 bits per heavy atom. The Kier molecular flexibility index (Phi) is 3.87. The van der Waals surface area contributed by atoms with E-state index in [4.69, 9.17) is 4.74 Å². The zero-order chi connectivity index (χ0) is 15.9. The van der Waals surface area contributed by atoms with E-state index in [0.717, 1.165) is 5.56 Å². The molecule has 22 heavy (non-hydrogen) atoms. The highest BCUT2D eigenvalue weighted by atomic mass is 19.1. The number of carboxylic acid groups (broad SMARTS) is 1. The first-order valence-electron chi connectivity index (χ1n) is 7.32. The number of rotatable bonds is 4. The van der Waals surface area contributed by atoms with Crippen LogP contribution in [0, 0.1) is 11.7 Å². The number of amides is 1. The lowest BCUT2D eigenvalue weighted by Crippen LogP contribution is -2.41. The summed E-state index contributed by atoms with van der Waals surface area (Å²) in [6, 6.07) is 5.32. The molecule has 4 atom stereocenters. The number of carbonyl (C=O) groups excluding carboxylic acids is 1. The van der Waals surface area contributed by atoms with Gasteiger partial charge in [-0.2, -0.15) is 0 Å². The molecule has 1 aliphatic carbocycles. The number of hydrogen-bond acceptors (Lipinski definition) is 3. The SMILES string of the molecule is COC1CC(C(=O)O)N(C(=O)C2CC2c2ccc(F)cc2)C1. The molecule has 0 radical (unpaired) electrons. The predicted octanol–water partition coefficient (Wildman–Crippen LogP) is 1.63. The molecule has 2 fully saturated rings. The van der Waals surface area contributed by atoms with E-state index < -0.39 is 12.0 Å². The van der Waals surface area contributed by atoms with E-state index >= 15 is 0 Å². The lowest BCUT2D eigenvalue weighted by Gasteiger charge is -2.21. The Morgan fingerprint density at radius 3 is 2.55 bits per heavy atom. The largest absolute Gasteiger partial charge is 0.480 e. The Hall–Kier alpha value is -1.95. The molecule has 2 aliphatic rings. The summed E-state index contributed by atoms with van der Waals surface area (Å²) in [5.74, 6) is -1.58. The molecule has 3 rings (SSSR count). The fraction of sp³-hybridized carbons (Fsp3) is 0.500. The lowest BCUT2D eigenvalue weighted by atomic mass is 10.1. The number of likely N-dealkylation sites (tertiary alicyclic amines) is 1. The van der Waals surface area contributed by atoms with Crippen LogP contribution in [-0.2, 0) is 14.3 Å². The average Bonchev–Trinajstić information content (AvgIpc) is 3.17. The molecule has 1 N–H and O–H groups in total. The van der Waals surface area contributed by atoms with Gasteiger partial charge < -0.3 is 14.7 Å². The first-order chi connectivity index (χ1) is 10.5. The Labute approximate surface area is 127 Å². The van der Waals surface area contributed by atoms with Crippen molar-refractivity contribution in [2.45, 2.75) is 30.9 Å². The van der Waals surface area contributed by atoms with Crippen LogP contribution in [-0.4, -0.2) is 47.7 Å². The second kappa shape index (κ2) is 5.68. The van der Waals surface area contributed by atoms with E-state index in [2.05, 4.69) is 0 Å². The Balaban J connectivity index is 1.69. The minimum Gasteiger partial charge on any atom is -0.480 e. The van der Waals surface area contributed by atoms with Gasteiger partial charge in [-0.25, -0.2) is 9.18 Å². The Bertz CT molecular complexity index is 588. The molecular formula is C16H18FNO4. The molecule has 0 aromatic heterocycles. The third-order valence-electron chi connectivity index (χ3n) is 4.57. The van der Waals surface area contributed by atoms with Gasteiger partial charge in [-0.3, -0.25) is 4.79 Å². The van der Waals surface area contributed by atoms with Crippen molar-refractivity contribution in [2.75, 3.05) is 13.7 Å². The quantitative estimate of drug-likeness (QED) is 0.918. The number of methoxy groups -OCH3 is 1. The first kappa shape index (κ1) is 15.0. The molecule has 1 aliphatic heterocycles. The van der Waals surface area contributed by atoms with Crippen molar-refractivity contribution in [1.29, 1.82) is 0 Å². The van der Waals surface area contributed by atoms with E-state index in [9.17, 15) is 19.1 Å². The van der Waals surface area contributed by atoms with Crippen LogP contribution >= 0.6 is 0 Å². The number of ether oxygens (including phenoxy) is 1. The number of halogens is 1. The van der Waals surface area contributed by atoms with Gasteiger partial charge in [-0.1, -0.05) is 12.1 Å². The second-order valence-electron chi connectivity index (χ2n) is 5.94. The maximum absolute atomic E-state index is 12.9. The molecular weight excluding hydrogens is 289 g/mol. The third kappa shape index (κ3) is 2.70. The molecule has 1 saturated carbocycles. The van der Waals surface area contributed by atoms with Crippen LogP contribution in [0.15, 0.2) is 24.3 Å². The van der Waals surface area contributed by atoms with Crippen molar-refractivity contribution < 1.29 is 23.8 Å². The van der Waals surface area contributed by atoms with E-state index in [0.29, 0.717) is 19.4 Å². The normalized spacial score (nSPS) is 30.4. The molecule has 118 valence electrons. The molecule has 1 aromatic rings. The predicted molar refractivity (Wildman–Crippen MR) is 75.8 cm³/mol. The number of carbonyl (C=O) groups is 2. The van der Waals surface area contributed by atoms with Crippen molar-refractivity contribution in [2.24, 2.45) is 5.92 Å². The summed E-state index contributed by atoms with van der Waals surface area (Å²) in [7, 11) is 1.52. The molecule has 5 nitrogen and oxygen atoms in total. The highest BCUT2D eigenvalue weighted by Gasteiger charge is 2.50. The maximum atomic E-state index is 12.9. The molecule has 0 spiro atoms. The maximum Gasteiger partial charge on any atom is 0.326 e. The van der Waals surface area contributed by atoms with Gasteiger partial charge >= 0.3 is 5.97 Å². The topological polar surface area (TPSA) is 66.8 Å². The summed E-state index contributed by atoms with van der Waals surface area (Å²) >= 11 is 0. The van der Waals surface area contributed by atoms with Gasteiger partial charge in [0.05, 0.1) is 6.10 Å². The van der Waals surface area contributed by atoms with Crippen LogP contribution in [0.4, 0.5) is 4.39 Å². The summed E-state index contributed by atoms with van der Waals surface area (Å²) in [6.07, 6.45) is 0.782. The summed E-state index contributed by atoms with van der Waals surface area (Å²) in [5, 5.41) is 9.27. The van der Waals surface area contributed by atoms with Gasteiger partial charge in [0, 0.05) is 26.0 Å². The number of carboxylic acids is 1. The fourth-order valence-electron chi connectivity index (χ4n) is 3.21. The van der Waals surface area contributed by atoms with Crippen molar-refractivity contribution in [3.63, 3.8) is 0 Å². The van der Waals surface area contributed by atoms with Crippen LogP contribution in [0.25, 0.3) is 0 Å². The van der Waals surface area contributed by atoms with Crippen molar-refractivity contribution in [1.82, 2.24) is 4.90 Å². The zero-order valence-corrected chi connectivity index (χ0v) is 12.2. The van der Waals surface area contributed by atoms with Crippen molar-refractivity contribution in [3.8, 4) is 0 Å². The van der Waals surface area contributed by atoms with Gasteiger partial charge in [-0.05, 0) is 30.0 Å². The number of hydrogen-bond donors (Lipinski definition) is 1. The highest BCUT2D eigenvalue weighted by molar-refractivity contribution is 5.88. The minimum atomic E-state index is -0.994. The van der Waals surface area contributed by atoms with Gasteiger partial charge in [0.2, 0.25) is 5.91 Å². The fourth-order valence-corrected chi connectivity index (χ4v) is 3.21. The van der Waals surface area contributed by atoms with Gasteiger partial charge in [-0.15, -0.1) is 0 Å². The minimum absolute atomic E-state index is 0.0594. The summed E-state index contributed by atoms with van der Waals surface area (Å²) in [4.78, 5) is 25.3. The molecule has 1 amide bonds. The van der Waals surface area contributed by atoms with E-state index in [1.165, 1.54) is 24.1 Å². The van der Waals surface area contributed by atoms with Gasteiger partial charge in [0.1, 0.15) is 11.9 Å². The summed E-state index contributed by atoms with van der Waals surface area (Å²) < 4.78 is 18.1. The van der Waals surface area contributed by atoms with Crippen LogP contribution in [0.2, 0.25) is 0 Å². The van der Waals surface area contributed by atoms with Crippen LogP contribution in [0.1, 0.15) is 24.3 Å². The number of aliphatic carboxylic acids is 1. The van der Waals surface area contributed by atoms with E-state index in [-0.39, 0.29) is 29.7 Å². The third-order valence-corrected chi connectivity index (χ3v) is 4.57. The van der Waals surface area contributed by atoms with Gasteiger partial charge in [0.15, 0.2) is 0 Å². The highest BCUT2D eigenvalue weighted by Crippen LogP contribution is 2.49. The first-order valence-corrected chi connectivity index (χ1v) is 7.32. The van der Waals surface area contributed by atoms with Gasteiger partial charge in [0.25, 0.3) is 0 Å². The Morgan fingerprint density at radius 2 is 1.95 bits per heavy atom. The molecule has 6 heteroatoms. The van der Waals surface area contributed by atoms with E-state index in [1.54, 1.807) is 12.1 Å². The second-order valence-corrected chi connectivity index (χ2v) is 5.94. The van der Waals surface area contributed by atoms with Crippen molar-refractivity contribution in [3.05, 3.63) is 35.6 Å². The molecule has 1 heterocycles. The van der Waals surface area contributed by atoms with Crippen LogP contribution in [0.5, 0.6) is 0 Å². The molecule has 0 bridgehead atoms. The van der Waals surface area contributed by atoms with Crippen LogP contribution in [0.3, 0.4) is 0 Å². The molecule has 1 saturated heterocycles. The zero-order valence-electron chi connectivity index (χ0n) is 12.2. The van der Waals surface area contributed by atoms with E-state index in [1.807, 2.05) is 0 Å². The standard InChI is InChI=1S/C16H18FNO4/c1-22-11-6-14(16(20)21)18(8-11)15(19)13-7-12(13)9-2-4-10(17)5-3-9/h2-5,11-14H,6-8H2,1H3,(H,20,21). The smallest absolute Gasteiger partial charge is 0.326 e. The monoisotopic (exact) mass is 307 g/mol. The number of benzene rings is 1. The summed E-state index contributed by atoms with van der Waals surface area (Å²) in [6.45, 7) is 0.318. The molecule has 4 unspecified atom stereocenters. The lowest BCUT2D eigenvalue weighted by molar-refractivity contribution is -0.148. The summed E-state index contributed by atoms with van der Waals surface area (Å²) in [5.41, 5.74) is 0.925. The number of nitrogens with zero attached hydrogens (tertiary/aromatic N) is 1. The van der Waals surface area contributed by atoms with Crippen molar-refractivity contribution >= 4 is 11.9 Å². The molecule has 1 aromatic carbocycles. The van der Waals surface area contributed by atoms with Crippen LogP contribution < -0.4 is 0 Å². The average molecular weight is 307 g/mol.